The number of carbonyl (C=O) groups is 1. The van der Waals surface area contributed by atoms with E-state index in [-0.39, 0.29) is 5.91 Å². The maximum atomic E-state index is 12.3. The van der Waals surface area contributed by atoms with Crippen LogP contribution in [0.4, 0.5) is 0 Å². The number of benzene rings is 2. The lowest BCUT2D eigenvalue weighted by Crippen LogP contribution is -2.41. The molecule has 0 spiro atoms. The van der Waals surface area contributed by atoms with Crippen molar-refractivity contribution in [2.24, 2.45) is 5.73 Å². The zero-order chi connectivity index (χ0) is 20.5. The Morgan fingerprint density at radius 1 is 1.10 bits per heavy atom. The lowest BCUT2D eigenvalue weighted by Gasteiger charge is -2.11. The quantitative estimate of drug-likeness (QED) is 0.556. The Morgan fingerprint density at radius 3 is 2.55 bits per heavy atom. The Kier molecular flexibility index (Phi) is 7.55. The van der Waals surface area contributed by atoms with E-state index in [4.69, 9.17) is 10.5 Å². The molecular weight excluding hydrogens is 364 g/mol. The van der Waals surface area contributed by atoms with Gasteiger partial charge in [-0.1, -0.05) is 54.6 Å². The van der Waals surface area contributed by atoms with Crippen molar-refractivity contribution in [2.75, 3.05) is 6.61 Å². The van der Waals surface area contributed by atoms with Crippen LogP contribution in [0.1, 0.15) is 29.3 Å². The van der Waals surface area contributed by atoms with Gasteiger partial charge in [-0.3, -0.25) is 4.79 Å². The second-order valence-electron chi connectivity index (χ2n) is 7.00. The van der Waals surface area contributed by atoms with Crippen molar-refractivity contribution in [2.45, 2.75) is 39.1 Å². The molecule has 1 atom stereocenters. The van der Waals surface area contributed by atoms with Gasteiger partial charge < -0.3 is 20.4 Å². The topological polar surface area (TPSA) is 82.2 Å². The molecule has 152 valence electrons. The molecule has 6 nitrogen and oxygen atoms in total. The molecular formula is C23H28N4O2. The van der Waals surface area contributed by atoms with E-state index in [1.807, 2.05) is 60.2 Å². The summed E-state index contributed by atoms with van der Waals surface area (Å²) >= 11 is 0. The fourth-order valence-electron chi connectivity index (χ4n) is 3.00. The Hall–Kier alpha value is -2.96. The van der Waals surface area contributed by atoms with Gasteiger partial charge in [0, 0.05) is 32.3 Å². The molecule has 3 N–H and O–H groups in total. The first-order valence-electron chi connectivity index (χ1n) is 9.87. The minimum absolute atomic E-state index is 0.180. The second-order valence-corrected chi connectivity index (χ2v) is 7.00. The van der Waals surface area contributed by atoms with Gasteiger partial charge in [-0.25, -0.2) is 4.98 Å². The van der Waals surface area contributed by atoms with Gasteiger partial charge in [0.1, 0.15) is 0 Å². The largest absolute Gasteiger partial charge is 0.377 e. The van der Waals surface area contributed by atoms with Crippen LogP contribution in [-0.4, -0.2) is 28.1 Å². The number of hydrogen-bond donors (Lipinski definition) is 2. The molecule has 1 heterocycles. The van der Waals surface area contributed by atoms with Crippen molar-refractivity contribution in [3.05, 3.63) is 89.5 Å². The number of amides is 1. The molecule has 0 bridgehead atoms. The molecule has 29 heavy (non-hydrogen) atoms. The highest BCUT2D eigenvalue weighted by Crippen LogP contribution is 2.07. The standard InChI is InChI=1S/C23H28N4O2/c1-2-29-16-20-10-8-18(9-11-20)13-25-23(28)22(24)12-21-15-27(17-26-21)14-19-6-4-3-5-7-19/h3-11,15,17,22H,2,12-14,16,24H2,1H3,(H,25,28)/t22-/m0/s1. The molecule has 1 aromatic heterocycles. The molecule has 0 aliphatic rings. The van der Waals surface area contributed by atoms with Crippen molar-refractivity contribution >= 4 is 5.91 Å². The van der Waals surface area contributed by atoms with E-state index in [1.54, 1.807) is 6.33 Å². The SMILES string of the molecule is CCOCc1ccc(CNC(=O)[C@@H](N)Cc2cn(Cc3ccccc3)cn2)cc1. The molecule has 2 aromatic carbocycles. The summed E-state index contributed by atoms with van der Waals surface area (Å²) in [4.78, 5) is 16.7. The van der Waals surface area contributed by atoms with Crippen LogP contribution in [0.15, 0.2) is 67.1 Å². The van der Waals surface area contributed by atoms with Gasteiger partial charge in [0.15, 0.2) is 0 Å². The van der Waals surface area contributed by atoms with Crippen LogP contribution in [0.25, 0.3) is 0 Å². The molecule has 0 radical (unpaired) electrons. The highest BCUT2D eigenvalue weighted by Gasteiger charge is 2.15. The first kappa shape index (κ1) is 20.8. The van der Waals surface area contributed by atoms with E-state index < -0.39 is 6.04 Å². The summed E-state index contributed by atoms with van der Waals surface area (Å²) in [6, 6.07) is 17.5. The molecule has 0 aliphatic heterocycles. The smallest absolute Gasteiger partial charge is 0.237 e. The third-order valence-corrected chi connectivity index (χ3v) is 4.62. The molecule has 0 unspecified atom stereocenters. The molecule has 0 fully saturated rings. The average molecular weight is 393 g/mol. The lowest BCUT2D eigenvalue weighted by molar-refractivity contribution is -0.122. The highest BCUT2D eigenvalue weighted by molar-refractivity contribution is 5.81. The second kappa shape index (κ2) is 10.5. The Balaban J connectivity index is 1.45. The fourth-order valence-corrected chi connectivity index (χ4v) is 3.00. The Labute approximate surface area is 171 Å². The van der Waals surface area contributed by atoms with Crippen molar-refractivity contribution in [3.63, 3.8) is 0 Å². The van der Waals surface area contributed by atoms with E-state index in [0.29, 0.717) is 26.2 Å². The van der Waals surface area contributed by atoms with Crippen LogP contribution in [0.2, 0.25) is 0 Å². The van der Waals surface area contributed by atoms with Gasteiger partial charge >= 0.3 is 0 Å². The van der Waals surface area contributed by atoms with Crippen LogP contribution in [0.5, 0.6) is 0 Å². The van der Waals surface area contributed by atoms with Crippen molar-refractivity contribution in [1.82, 2.24) is 14.9 Å². The molecule has 0 saturated carbocycles. The summed E-state index contributed by atoms with van der Waals surface area (Å²) in [6.45, 7) is 4.46. The number of rotatable bonds is 10. The summed E-state index contributed by atoms with van der Waals surface area (Å²) < 4.78 is 7.39. The third kappa shape index (κ3) is 6.55. The molecule has 0 saturated heterocycles. The fraction of sp³-hybridized carbons (Fsp3) is 0.304. The highest BCUT2D eigenvalue weighted by atomic mass is 16.5. The number of nitrogens with zero attached hydrogens (tertiary/aromatic N) is 2. The van der Waals surface area contributed by atoms with Gasteiger partial charge in [-0.05, 0) is 23.6 Å². The summed E-state index contributed by atoms with van der Waals surface area (Å²) in [6.07, 6.45) is 4.12. The minimum atomic E-state index is -0.632. The molecule has 6 heteroatoms. The van der Waals surface area contributed by atoms with Crippen LogP contribution in [0, 0.1) is 0 Å². The predicted molar refractivity (Wildman–Crippen MR) is 113 cm³/mol. The molecule has 3 aromatic rings. The summed E-state index contributed by atoms with van der Waals surface area (Å²) in [7, 11) is 0. The lowest BCUT2D eigenvalue weighted by atomic mass is 10.1. The zero-order valence-electron chi connectivity index (χ0n) is 16.8. The Morgan fingerprint density at radius 2 is 1.83 bits per heavy atom. The monoisotopic (exact) mass is 392 g/mol. The summed E-state index contributed by atoms with van der Waals surface area (Å²) in [5, 5.41) is 2.90. The maximum absolute atomic E-state index is 12.3. The van der Waals surface area contributed by atoms with Crippen LogP contribution < -0.4 is 11.1 Å². The van der Waals surface area contributed by atoms with Gasteiger partial charge in [-0.2, -0.15) is 0 Å². The molecule has 3 rings (SSSR count). The van der Waals surface area contributed by atoms with Gasteiger partial charge in [0.05, 0.1) is 24.7 Å². The number of carbonyl (C=O) groups excluding carboxylic acids is 1. The summed E-state index contributed by atoms with van der Waals surface area (Å²) in [5.74, 6) is -0.180. The van der Waals surface area contributed by atoms with Crippen molar-refractivity contribution in [1.29, 1.82) is 0 Å². The van der Waals surface area contributed by atoms with E-state index in [1.165, 1.54) is 5.56 Å². The number of hydrogen-bond acceptors (Lipinski definition) is 4. The van der Waals surface area contributed by atoms with Crippen LogP contribution in [-0.2, 0) is 35.6 Å². The van der Waals surface area contributed by atoms with Gasteiger partial charge in [-0.15, -0.1) is 0 Å². The van der Waals surface area contributed by atoms with E-state index in [9.17, 15) is 4.79 Å². The zero-order valence-corrected chi connectivity index (χ0v) is 16.8. The molecule has 0 aliphatic carbocycles. The van der Waals surface area contributed by atoms with E-state index in [0.717, 1.165) is 23.4 Å². The van der Waals surface area contributed by atoms with Crippen LogP contribution in [0.3, 0.4) is 0 Å². The van der Waals surface area contributed by atoms with Crippen LogP contribution >= 0.6 is 0 Å². The Bertz CT molecular complexity index is 891. The molecule has 1 amide bonds. The van der Waals surface area contributed by atoms with Crippen molar-refractivity contribution in [3.8, 4) is 0 Å². The minimum Gasteiger partial charge on any atom is -0.377 e. The first-order chi connectivity index (χ1) is 14.1. The number of nitrogens with one attached hydrogen (secondary N) is 1. The van der Waals surface area contributed by atoms with E-state index >= 15 is 0 Å². The third-order valence-electron chi connectivity index (χ3n) is 4.62. The average Bonchev–Trinajstić information content (AvgIpc) is 3.18. The van der Waals surface area contributed by atoms with Crippen molar-refractivity contribution < 1.29 is 9.53 Å². The summed E-state index contributed by atoms with van der Waals surface area (Å²) in [5.41, 5.74) is 10.2. The first-order valence-corrected chi connectivity index (χ1v) is 9.87. The van der Waals surface area contributed by atoms with Gasteiger partial charge in [0.2, 0.25) is 5.91 Å². The predicted octanol–water partition coefficient (Wildman–Crippen LogP) is 2.65. The number of nitrogens with two attached hydrogens (primary N) is 1. The number of ether oxygens (including phenoxy) is 1. The number of aromatic nitrogens is 2. The van der Waals surface area contributed by atoms with E-state index in [2.05, 4.69) is 22.4 Å². The number of imidazole rings is 1. The normalized spacial score (nSPS) is 11.9. The maximum Gasteiger partial charge on any atom is 0.237 e. The van der Waals surface area contributed by atoms with Gasteiger partial charge in [0.25, 0.3) is 0 Å².